The molecule has 0 aromatic rings. The monoisotopic (exact) mass is 567 g/mol. The van der Waals surface area contributed by atoms with Crippen LogP contribution < -0.4 is 0 Å². The van der Waals surface area contributed by atoms with Gasteiger partial charge in [-0.1, -0.05) is 96.9 Å². The molecule has 0 N–H and O–H groups in total. The van der Waals surface area contributed by atoms with Gasteiger partial charge in [0.25, 0.3) is 0 Å². The topological polar surface area (TPSA) is 0 Å². The predicted molar refractivity (Wildman–Crippen MR) is 180 cm³/mol. The Bertz CT molecular complexity index is 905. The largest absolute Gasteiger partial charge is 0.0625 e. The molecule has 0 heteroatoms. The van der Waals surface area contributed by atoms with Gasteiger partial charge in [-0.3, -0.25) is 0 Å². The SMILES string of the molecule is CC(C)C1CCC(C2CC(C(C)C)C(C)C3C(C)C4C(C)C5(C)C(C)C(C(C)C)C(C)CC5(C)CC4(C)CC23)CC1. The summed E-state index contributed by atoms with van der Waals surface area (Å²) in [6.45, 7) is 37.2. The third-order valence-electron chi connectivity index (χ3n) is 17.1. The zero-order chi connectivity index (χ0) is 30.4. The molecule has 0 saturated heterocycles. The summed E-state index contributed by atoms with van der Waals surface area (Å²) < 4.78 is 0. The first-order valence-electron chi connectivity index (χ1n) is 19.0. The Morgan fingerprint density at radius 1 is 0.634 bits per heavy atom. The molecule has 0 aromatic carbocycles. The maximum absolute atomic E-state index is 2.83. The first-order valence-corrected chi connectivity index (χ1v) is 19.0. The molecular weight excluding hydrogens is 492 g/mol. The molecule has 0 aromatic heterocycles. The first kappa shape index (κ1) is 32.4. The van der Waals surface area contributed by atoms with Gasteiger partial charge in [-0.25, -0.2) is 0 Å². The zero-order valence-corrected chi connectivity index (χ0v) is 30.4. The molecule has 0 aliphatic heterocycles. The van der Waals surface area contributed by atoms with Gasteiger partial charge in [0.2, 0.25) is 0 Å². The van der Waals surface area contributed by atoms with E-state index in [2.05, 4.69) is 96.9 Å². The maximum atomic E-state index is 2.83. The highest BCUT2D eigenvalue weighted by molar-refractivity contribution is 5.17. The number of hydrogen-bond donors (Lipinski definition) is 0. The summed E-state index contributed by atoms with van der Waals surface area (Å²) in [6, 6.07) is 0. The van der Waals surface area contributed by atoms with Gasteiger partial charge in [-0.05, 0) is 162 Å². The number of rotatable bonds is 4. The van der Waals surface area contributed by atoms with Crippen LogP contribution in [0, 0.1) is 111 Å². The van der Waals surface area contributed by atoms with Crippen LogP contribution in [0.5, 0.6) is 0 Å². The molecule has 14 atom stereocenters. The predicted octanol–water partition coefficient (Wildman–Crippen LogP) is 12.3. The lowest BCUT2D eigenvalue weighted by Crippen LogP contribution is -2.67. The summed E-state index contributed by atoms with van der Waals surface area (Å²) in [6.07, 6.45) is 12.1. The highest BCUT2D eigenvalue weighted by Gasteiger charge is 2.69. The summed E-state index contributed by atoms with van der Waals surface area (Å²) in [5.74, 6) is 14.3. The van der Waals surface area contributed by atoms with E-state index < -0.39 is 0 Å². The van der Waals surface area contributed by atoms with Crippen molar-refractivity contribution >= 4 is 0 Å². The molecule has 0 spiro atoms. The Balaban J connectivity index is 1.52. The van der Waals surface area contributed by atoms with Gasteiger partial charge in [-0.2, -0.15) is 0 Å². The molecule has 0 radical (unpaired) electrons. The Morgan fingerprint density at radius 3 is 1.78 bits per heavy atom. The quantitative estimate of drug-likeness (QED) is 0.317. The van der Waals surface area contributed by atoms with Crippen molar-refractivity contribution < 1.29 is 0 Å². The average Bonchev–Trinajstić information content (AvgIpc) is 2.85. The molecular formula is C41H74. The van der Waals surface area contributed by atoms with E-state index in [4.69, 9.17) is 0 Å². The van der Waals surface area contributed by atoms with Gasteiger partial charge in [-0.15, -0.1) is 0 Å². The lowest BCUT2D eigenvalue weighted by Gasteiger charge is -2.73. The maximum Gasteiger partial charge on any atom is -0.0215 e. The molecule has 238 valence electrons. The first-order chi connectivity index (χ1) is 19.0. The standard InChI is InChI=1S/C41H74/c1-23(2)31-15-17-32(18-16-31)34-19-33(24(3)4)27(8)37-28(9)38-30(11)41(14)29(10)36(25(5)6)26(7)20-40(41,13)22-39(38,12)21-35(34)37/h23-38H,15-22H2,1-14H3. The van der Waals surface area contributed by atoms with Gasteiger partial charge >= 0.3 is 0 Å². The van der Waals surface area contributed by atoms with Gasteiger partial charge in [0.05, 0.1) is 0 Å². The minimum atomic E-state index is 0.448. The fourth-order valence-electron chi connectivity index (χ4n) is 15.5. The molecule has 5 aliphatic carbocycles. The van der Waals surface area contributed by atoms with Crippen molar-refractivity contribution in [3.63, 3.8) is 0 Å². The smallest absolute Gasteiger partial charge is 0.0215 e. The fourth-order valence-corrected chi connectivity index (χ4v) is 15.5. The van der Waals surface area contributed by atoms with Crippen molar-refractivity contribution in [2.45, 2.75) is 148 Å². The Labute approximate surface area is 258 Å². The fraction of sp³-hybridized carbons (Fsp3) is 1.00. The van der Waals surface area contributed by atoms with E-state index in [1.807, 2.05) is 0 Å². The minimum Gasteiger partial charge on any atom is -0.0625 e. The van der Waals surface area contributed by atoms with E-state index in [-0.39, 0.29) is 0 Å². The summed E-state index contributed by atoms with van der Waals surface area (Å²) >= 11 is 0. The van der Waals surface area contributed by atoms with Crippen molar-refractivity contribution in [2.24, 2.45) is 111 Å². The molecule has 5 rings (SSSR count). The highest BCUT2D eigenvalue weighted by Crippen LogP contribution is 2.76. The number of hydrogen-bond acceptors (Lipinski definition) is 0. The van der Waals surface area contributed by atoms with Crippen LogP contribution in [0.15, 0.2) is 0 Å². The summed E-state index contributed by atoms with van der Waals surface area (Å²) in [5, 5.41) is 0. The average molecular weight is 567 g/mol. The van der Waals surface area contributed by atoms with Crippen molar-refractivity contribution in [1.82, 2.24) is 0 Å². The third-order valence-corrected chi connectivity index (χ3v) is 17.1. The molecule has 0 heterocycles. The summed E-state index contributed by atoms with van der Waals surface area (Å²) in [4.78, 5) is 0. The van der Waals surface area contributed by atoms with Gasteiger partial charge in [0.1, 0.15) is 0 Å². The van der Waals surface area contributed by atoms with Crippen molar-refractivity contribution in [1.29, 1.82) is 0 Å². The van der Waals surface area contributed by atoms with Crippen LogP contribution in [0.25, 0.3) is 0 Å². The number of fused-ring (bicyclic) bond motifs is 3. The molecule has 5 aliphatic rings. The van der Waals surface area contributed by atoms with Crippen LogP contribution in [-0.4, -0.2) is 0 Å². The van der Waals surface area contributed by atoms with E-state index in [0.717, 1.165) is 94.7 Å². The molecule has 0 bridgehead atoms. The van der Waals surface area contributed by atoms with Crippen molar-refractivity contribution in [2.75, 3.05) is 0 Å². The lowest BCUT2D eigenvalue weighted by atomic mass is 9.31. The molecule has 14 unspecified atom stereocenters. The summed E-state index contributed by atoms with van der Waals surface area (Å²) in [7, 11) is 0. The molecule has 0 amide bonds. The second-order valence-electron chi connectivity index (χ2n) is 19.7. The van der Waals surface area contributed by atoms with E-state index in [0.29, 0.717) is 16.2 Å². The van der Waals surface area contributed by atoms with Crippen molar-refractivity contribution in [3.05, 3.63) is 0 Å². The Morgan fingerprint density at radius 2 is 1.24 bits per heavy atom. The van der Waals surface area contributed by atoms with Crippen LogP contribution in [0.1, 0.15) is 148 Å². The van der Waals surface area contributed by atoms with Gasteiger partial charge < -0.3 is 0 Å². The molecule has 0 nitrogen and oxygen atoms in total. The zero-order valence-electron chi connectivity index (χ0n) is 30.4. The van der Waals surface area contributed by atoms with Crippen LogP contribution in [0.4, 0.5) is 0 Å². The molecule has 41 heavy (non-hydrogen) atoms. The van der Waals surface area contributed by atoms with Crippen LogP contribution >= 0.6 is 0 Å². The van der Waals surface area contributed by atoms with Crippen LogP contribution in [-0.2, 0) is 0 Å². The van der Waals surface area contributed by atoms with E-state index in [1.54, 1.807) is 12.8 Å². The van der Waals surface area contributed by atoms with Crippen molar-refractivity contribution in [3.8, 4) is 0 Å². The lowest BCUT2D eigenvalue weighted by molar-refractivity contribution is -0.252. The Hall–Kier alpha value is 0. The second kappa shape index (κ2) is 11.1. The Kier molecular flexibility index (Phi) is 8.78. The highest BCUT2D eigenvalue weighted by atomic mass is 14.7. The molecule has 5 saturated carbocycles. The van der Waals surface area contributed by atoms with E-state index in [1.165, 1.54) is 38.5 Å². The normalized spacial score (nSPS) is 56.0. The van der Waals surface area contributed by atoms with Crippen LogP contribution in [0.2, 0.25) is 0 Å². The van der Waals surface area contributed by atoms with E-state index >= 15 is 0 Å². The second-order valence-corrected chi connectivity index (χ2v) is 19.7. The van der Waals surface area contributed by atoms with Gasteiger partial charge in [0.15, 0.2) is 0 Å². The van der Waals surface area contributed by atoms with Gasteiger partial charge in [0, 0.05) is 0 Å². The van der Waals surface area contributed by atoms with E-state index in [9.17, 15) is 0 Å². The minimum absolute atomic E-state index is 0.448. The van der Waals surface area contributed by atoms with Crippen LogP contribution in [0.3, 0.4) is 0 Å². The summed E-state index contributed by atoms with van der Waals surface area (Å²) in [5.41, 5.74) is 1.43. The molecule has 5 fully saturated rings. The third kappa shape index (κ3) is 4.86.